The Hall–Kier alpha value is -2.43. The van der Waals surface area contributed by atoms with Crippen molar-refractivity contribution in [3.63, 3.8) is 0 Å². The number of ether oxygens (including phenoxy) is 1. The lowest BCUT2D eigenvalue weighted by Crippen LogP contribution is -2.43. The topological polar surface area (TPSA) is 133 Å². The molecule has 0 radical (unpaired) electrons. The Morgan fingerprint density at radius 2 is 1.62 bits per heavy atom. The summed E-state index contributed by atoms with van der Waals surface area (Å²) < 4.78 is 58.0. The SMILES string of the molecule is COc1ccc(S(=O)(=O)NCCC(Cc2ccccc2)C(C(C)C(N)=O)S(C)(=O)=O)cc1. The molecule has 0 fully saturated rings. The van der Waals surface area contributed by atoms with Gasteiger partial charge in [0.1, 0.15) is 5.75 Å². The average Bonchev–Trinajstić information content (AvgIpc) is 2.73. The number of nitrogens with two attached hydrogens (primary N) is 1. The van der Waals surface area contributed by atoms with Crippen LogP contribution in [0.5, 0.6) is 5.75 Å². The molecule has 0 aliphatic heterocycles. The van der Waals surface area contributed by atoms with Crippen LogP contribution in [0.1, 0.15) is 18.9 Å². The van der Waals surface area contributed by atoms with Gasteiger partial charge in [-0.05, 0) is 48.6 Å². The molecule has 2 rings (SSSR count). The van der Waals surface area contributed by atoms with Crippen molar-refractivity contribution in [2.45, 2.75) is 29.9 Å². The zero-order valence-electron chi connectivity index (χ0n) is 18.4. The molecule has 0 spiro atoms. The van der Waals surface area contributed by atoms with Gasteiger partial charge < -0.3 is 10.5 Å². The number of carbonyl (C=O) groups excluding carboxylic acids is 1. The minimum absolute atomic E-state index is 0.00334. The molecular formula is C22H30N2O6S2. The molecule has 2 aromatic rings. The van der Waals surface area contributed by atoms with Gasteiger partial charge in [0, 0.05) is 12.8 Å². The average molecular weight is 483 g/mol. The fourth-order valence-corrected chi connectivity index (χ4v) is 6.66. The van der Waals surface area contributed by atoms with E-state index in [4.69, 9.17) is 10.5 Å². The normalized spacial score (nSPS) is 15.0. The molecule has 10 heteroatoms. The second-order valence-corrected chi connectivity index (χ2v) is 11.8. The number of benzene rings is 2. The summed E-state index contributed by atoms with van der Waals surface area (Å²) in [6, 6.07) is 15.2. The summed E-state index contributed by atoms with van der Waals surface area (Å²) in [6.45, 7) is 1.50. The highest BCUT2D eigenvalue weighted by molar-refractivity contribution is 7.91. The molecule has 2 aromatic carbocycles. The van der Waals surface area contributed by atoms with Gasteiger partial charge in [-0.25, -0.2) is 21.6 Å². The van der Waals surface area contributed by atoms with Crippen LogP contribution in [0.2, 0.25) is 0 Å². The molecule has 0 aliphatic carbocycles. The number of carbonyl (C=O) groups is 1. The van der Waals surface area contributed by atoms with Crippen LogP contribution in [0.4, 0.5) is 0 Å². The van der Waals surface area contributed by atoms with Gasteiger partial charge in [-0.2, -0.15) is 0 Å². The third kappa shape index (κ3) is 7.04. The maximum atomic E-state index is 12.6. The molecule has 0 saturated carbocycles. The van der Waals surface area contributed by atoms with Crippen molar-refractivity contribution in [1.82, 2.24) is 4.72 Å². The first-order valence-corrected chi connectivity index (χ1v) is 13.6. The summed E-state index contributed by atoms with van der Waals surface area (Å²) in [6.07, 6.45) is 1.65. The number of sulfonamides is 1. The standard InChI is InChI=1S/C22H30N2O6S2/c1-16(22(23)25)21(31(3,26)27)18(15-17-7-5-4-6-8-17)13-14-24-32(28,29)20-11-9-19(30-2)10-12-20/h4-12,16,18,21,24H,13-15H2,1-3H3,(H2,23,25). The summed E-state index contributed by atoms with van der Waals surface area (Å²) in [7, 11) is -5.96. The van der Waals surface area contributed by atoms with Crippen molar-refractivity contribution >= 4 is 25.8 Å². The largest absolute Gasteiger partial charge is 0.497 e. The summed E-state index contributed by atoms with van der Waals surface area (Å²) in [4.78, 5) is 11.9. The second kappa shape index (κ2) is 10.9. The van der Waals surface area contributed by atoms with E-state index in [2.05, 4.69) is 4.72 Å². The van der Waals surface area contributed by atoms with Gasteiger partial charge in [0.15, 0.2) is 9.84 Å². The van der Waals surface area contributed by atoms with E-state index in [0.717, 1.165) is 11.8 Å². The molecule has 32 heavy (non-hydrogen) atoms. The number of primary amides is 1. The number of nitrogens with one attached hydrogen (secondary N) is 1. The minimum atomic E-state index is -3.80. The highest BCUT2D eigenvalue weighted by Gasteiger charge is 2.37. The molecule has 176 valence electrons. The highest BCUT2D eigenvalue weighted by atomic mass is 32.2. The second-order valence-electron chi connectivity index (χ2n) is 7.80. The van der Waals surface area contributed by atoms with Gasteiger partial charge in [0.2, 0.25) is 15.9 Å². The molecule has 1 amide bonds. The quantitative estimate of drug-likeness (QED) is 0.474. The lowest BCUT2D eigenvalue weighted by Gasteiger charge is -2.29. The molecule has 0 bridgehead atoms. The van der Waals surface area contributed by atoms with E-state index in [1.54, 1.807) is 12.1 Å². The predicted octanol–water partition coefficient (Wildman–Crippen LogP) is 1.76. The van der Waals surface area contributed by atoms with E-state index in [1.807, 2.05) is 30.3 Å². The van der Waals surface area contributed by atoms with Crippen molar-refractivity contribution in [3.05, 3.63) is 60.2 Å². The van der Waals surface area contributed by atoms with E-state index in [1.165, 1.54) is 26.2 Å². The van der Waals surface area contributed by atoms with E-state index in [0.29, 0.717) is 12.2 Å². The Morgan fingerprint density at radius 3 is 2.12 bits per heavy atom. The van der Waals surface area contributed by atoms with E-state index >= 15 is 0 Å². The van der Waals surface area contributed by atoms with E-state index < -0.39 is 42.9 Å². The number of sulfone groups is 1. The summed E-state index contributed by atoms with van der Waals surface area (Å²) in [5.74, 6) is -1.62. The van der Waals surface area contributed by atoms with Gasteiger partial charge in [-0.1, -0.05) is 37.3 Å². The van der Waals surface area contributed by atoms with E-state index in [-0.39, 0.29) is 17.9 Å². The number of hydrogen-bond donors (Lipinski definition) is 2. The van der Waals surface area contributed by atoms with E-state index in [9.17, 15) is 21.6 Å². The number of rotatable bonds is 12. The molecule has 3 atom stereocenters. The lowest BCUT2D eigenvalue weighted by molar-refractivity contribution is -0.121. The molecule has 0 saturated heterocycles. The van der Waals surface area contributed by atoms with Crippen molar-refractivity contribution < 1.29 is 26.4 Å². The number of amides is 1. The van der Waals surface area contributed by atoms with Crippen LogP contribution in [-0.2, 0) is 31.1 Å². The Balaban J connectivity index is 2.24. The fourth-order valence-electron chi connectivity index (χ4n) is 3.81. The Bertz CT molecular complexity index is 1100. The van der Waals surface area contributed by atoms with Gasteiger partial charge in [0.05, 0.1) is 23.2 Å². The maximum Gasteiger partial charge on any atom is 0.240 e. The van der Waals surface area contributed by atoms with Gasteiger partial charge in [0.25, 0.3) is 0 Å². The van der Waals surface area contributed by atoms with Crippen molar-refractivity contribution in [2.24, 2.45) is 17.6 Å². The van der Waals surface area contributed by atoms with Crippen LogP contribution in [0, 0.1) is 11.8 Å². The third-order valence-corrected chi connectivity index (χ3v) is 8.68. The minimum Gasteiger partial charge on any atom is -0.497 e. The maximum absolute atomic E-state index is 12.6. The van der Waals surface area contributed by atoms with Crippen LogP contribution in [0.15, 0.2) is 59.5 Å². The molecule has 3 N–H and O–H groups in total. The molecule has 0 aromatic heterocycles. The zero-order valence-corrected chi connectivity index (χ0v) is 20.0. The summed E-state index contributed by atoms with van der Waals surface area (Å²) in [5.41, 5.74) is 6.33. The lowest BCUT2D eigenvalue weighted by atomic mass is 9.87. The van der Waals surface area contributed by atoms with Crippen LogP contribution < -0.4 is 15.2 Å². The van der Waals surface area contributed by atoms with Crippen molar-refractivity contribution in [2.75, 3.05) is 19.9 Å². The number of hydrogen-bond acceptors (Lipinski definition) is 6. The van der Waals surface area contributed by atoms with Gasteiger partial charge in [-0.15, -0.1) is 0 Å². The monoisotopic (exact) mass is 482 g/mol. The first-order chi connectivity index (χ1) is 15.0. The summed E-state index contributed by atoms with van der Waals surface area (Å²) in [5, 5.41) is -1.04. The van der Waals surface area contributed by atoms with Crippen LogP contribution in [-0.4, -0.2) is 47.9 Å². The third-order valence-electron chi connectivity index (χ3n) is 5.42. The Morgan fingerprint density at radius 1 is 1.03 bits per heavy atom. The Kier molecular flexibility index (Phi) is 8.82. The highest BCUT2D eigenvalue weighted by Crippen LogP contribution is 2.27. The predicted molar refractivity (Wildman–Crippen MR) is 123 cm³/mol. The fraction of sp³-hybridized carbons (Fsp3) is 0.409. The molecule has 3 unspecified atom stereocenters. The van der Waals surface area contributed by atoms with Crippen LogP contribution >= 0.6 is 0 Å². The van der Waals surface area contributed by atoms with Crippen LogP contribution in [0.3, 0.4) is 0 Å². The first-order valence-electron chi connectivity index (χ1n) is 10.1. The van der Waals surface area contributed by atoms with Crippen LogP contribution in [0.25, 0.3) is 0 Å². The molecule has 8 nitrogen and oxygen atoms in total. The first kappa shape index (κ1) is 25.8. The smallest absolute Gasteiger partial charge is 0.240 e. The molecular weight excluding hydrogens is 452 g/mol. The number of methoxy groups -OCH3 is 1. The summed E-state index contributed by atoms with van der Waals surface area (Å²) >= 11 is 0. The molecule has 0 heterocycles. The Labute approximate surface area is 190 Å². The van der Waals surface area contributed by atoms with Crippen molar-refractivity contribution in [1.29, 1.82) is 0 Å². The van der Waals surface area contributed by atoms with Gasteiger partial charge in [-0.3, -0.25) is 4.79 Å². The van der Waals surface area contributed by atoms with Crippen molar-refractivity contribution in [3.8, 4) is 5.75 Å². The molecule has 0 aliphatic rings. The zero-order chi connectivity index (χ0) is 23.9. The van der Waals surface area contributed by atoms with Gasteiger partial charge >= 0.3 is 0 Å².